The van der Waals surface area contributed by atoms with Gasteiger partial charge in [-0.3, -0.25) is 4.79 Å². The van der Waals surface area contributed by atoms with Crippen molar-refractivity contribution in [3.8, 4) is 0 Å². The zero-order valence-electron chi connectivity index (χ0n) is 6.46. The van der Waals surface area contributed by atoms with Crippen molar-refractivity contribution in [3.63, 3.8) is 0 Å². The van der Waals surface area contributed by atoms with Crippen molar-refractivity contribution in [1.29, 1.82) is 0 Å². The van der Waals surface area contributed by atoms with E-state index in [1.165, 1.54) is 10.8 Å². The van der Waals surface area contributed by atoms with Crippen LogP contribution in [0.3, 0.4) is 0 Å². The highest BCUT2D eigenvalue weighted by molar-refractivity contribution is 5.34. The van der Waals surface area contributed by atoms with Crippen molar-refractivity contribution >= 4 is 5.69 Å². The van der Waals surface area contributed by atoms with Gasteiger partial charge < -0.3 is 10.3 Å². The van der Waals surface area contributed by atoms with Crippen LogP contribution < -0.4 is 11.3 Å². The van der Waals surface area contributed by atoms with Crippen LogP contribution in [-0.2, 0) is 0 Å². The summed E-state index contributed by atoms with van der Waals surface area (Å²) in [7, 11) is 0. The summed E-state index contributed by atoms with van der Waals surface area (Å²) >= 11 is 0. The van der Waals surface area contributed by atoms with Crippen molar-refractivity contribution in [2.24, 2.45) is 0 Å². The van der Waals surface area contributed by atoms with Gasteiger partial charge in [0.15, 0.2) is 0 Å². The quantitative estimate of drug-likeness (QED) is 0.677. The third-order valence-corrected chi connectivity index (χ3v) is 1.98. The summed E-state index contributed by atoms with van der Waals surface area (Å²) in [5, 5.41) is 0. The molecule has 4 heteroatoms. The first kappa shape index (κ1) is 7.34. The van der Waals surface area contributed by atoms with Crippen LogP contribution >= 0.6 is 0 Å². The summed E-state index contributed by atoms with van der Waals surface area (Å²) in [6, 6.07) is 1.23. The van der Waals surface area contributed by atoms with E-state index in [4.69, 9.17) is 5.73 Å². The molecule has 1 fully saturated rings. The fourth-order valence-electron chi connectivity index (χ4n) is 1.21. The topological polar surface area (TPSA) is 48.0 Å². The monoisotopic (exact) mass is 168 g/mol. The Labute approximate surface area is 68.6 Å². The largest absolute Gasteiger partial charge is 0.394 e. The number of pyridine rings is 1. The van der Waals surface area contributed by atoms with Gasteiger partial charge in [-0.1, -0.05) is 0 Å². The minimum atomic E-state index is -0.445. The maximum Gasteiger partial charge on any atom is 0.274 e. The van der Waals surface area contributed by atoms with Gasteiger partial charge in [0.25, 0.3) is 5.56 Å². The van der Waals surface area contributed by atoms with Gasteiger partial charge in [-0.05, 0) is 12.8 Å². The molecular formula is C8H9FN2O. The Bertz CT molecular complexity index is 368. The van der Waals surface area contributed by atoms with E-state index >= 15 is 0 Å². The molecule has 0 radical (unpaired) electrons. The summed E-state index contributed by atoms with van der Waals surface area (Å²) in [6.45, 7) is 0. The van der Waals surface area contributed by atoms with Crippen LogP contribution in [0.5, 0.6) is 0 Å². The smallest absolute Gasteiger partial charge is 0.274 e. The molecule has 0 amide bonds. The molecule has 0 atom stereocenters. The fourth-order valence-corrected chi connectivity index (χ4v) is 1.21. The van der Waals surface area contributed by atoms with Crippen LogP contribution in [0.25, 0.3) is 0 Å². The second kappa shape index (κ2) is 2.33. The minimum Gasteiger partial charge on any atom is -0.394 e. The zero-order chi connectivity index (χ0) is 8.72. The number of rotatable bonds is 1. The average molecular weight is 168 g/mol. The first-order chi connectivity index (χ1) is 5.68. The second-order valence-electron chi connectivity index (χ2n) is 3.06. The Balaban J connectivity index is 2.58. The van der Waals surface area contributed by atoms with E-state index in [-0.39, 0.29) is 17.3 Å². The Morgan fingerprint density at radius 3 is 2.83 bits per heavy atom. The number of hydrogen-bond acceptors (Lipinski definition) is 2. The van der Waals surface area contributed by atoms with Gasteiger partial charge in [-0.15, -0.1) is 0 Å². The van der Waals surface area contributed by atoms with Gasteiger partial charge in [-0.25, -0.2) is 4.39 Å². The maximum absolute atomic E-state index is 12.8. The van der Waals surface area contributed by atoms with Gasteiger partial charge in [0.2, 0.25) is 0 Å². The molecule has 0 aliphatic heterocycles. The average Bonchev–Trinajstić information content (AvgIpc) is 2.79. The predicted octanol–water partition coefficient (Wildman–Crippen LogP) is 0.905. The van der Waals surface area contributed by atoms with Crippen molar-refractivity contribution in [3.05, 3.63) is 28.4 Å². The van der Waals surface area contributed by atoms with Crippen molar-refractivity contribution in [2.45, 2.75) is 18.9 Å². The lowest BCUT2D eigenvalue weighted by Gasteiger charge is -2.03. The van der Waals surface area contributed by atoms with E-state index in [0.717, 1.165) is 18.9 Å². The highest BCUT2D eigenvalue weighted by Crippen LogP contribution is 2.33. The molecule has 0 spiro atoms. The SMILES string of the molecule is Nc1cc(F)cn(C2CC2)c1=O. The number of halogens is 1. The normalized spacial score (nSPS) is 16.4. The summed E-state index contributed by atoms with van der Waals surface area (Å²) in [4.78, 5) is 11.3. The third kappa shape index (κ3) is 1.09. The van der Waals surface area contributed by atoms with Crippen molar-refractivity contribution in [1.82, 2.24) is 4.57 Å². The Kier molecular flexibility index (Phi) is 1.43. The molecule has 1 heterocycles. The van der Waals surface area contributed by atoms with Crippen molar-refractivity contribution < 1.29 is 4.39 Å². The van der Waals surface area contributed by atoms with Crippen LogP contribution in [0.2, 0.25) is 0 Å². The van der Waals surface area contributed by atoms with Crippen molar-refractivity contribution in [2.75, 3.05) is 5.73 Å². The predicted molar refractivity (Wildman–Crippen MR) is 43.3 cm³/mol. The molecular weight excluding hydrogens is 159 g/mol. The van der Waals surface area contributed by atoms with Gasteiger partial charge in [0, 0.05) is 18.3 Å². The van der Waals surface area contributed by atoms with Gasteiger partial charge in [0.05, 0.1) is 0 Å². The van der Waals surface area contributed by atoms with E-state index in [9.17, 15) is 9.18 Å². The molecule has 0 aromatic carbocycles. The standard InChI is InChI=1S/C8H9FN2O/c9-5-3-7(10)8(12)11(4-5)6-1-2-6/h3-4,6H,1-2,10H2. The zero-order valence-corrected chi connectivity index (χ0v) is 6.46. The molecule has 0 saturated heterocycles. The lowest BCUT2D eigenvalue weighted by Crippen LogP contribution is -2.22. The molecule has 1 aromatic heterocycles. The fraction of sp³-hybridized carbons (Fsp3) is 0.375. The molecule has 1 saturated carbocycles. The van der Waals surface area contributed by atoms with Crippen LogP contribution in [-0.4, -0.2) is 4.57 Å². The van der Waals surface area contributed by atoms with E-state index in [2.05, 4.69) is 0 Å². The van der Waals surface area contributed by atoms with Crippen LogP contribution in [0.1, 0.15) is 18.9 Å². The lowest BCUT2D eigenvalue weighted by molar-refractivity contribution is 0.588. The third-order valence-electron chi connectivity index (χ3n) is 1.98. The minimum absolute atomic E-state index is 0.0121. The molecule has 12 heavy (non-hydrogen) atoms. The van der Waals surface area contributed by atoms with E-state index < -0.39 is 5.82 Å². The number of nitrogen functional groups attached to an aromatic ring is 1. The van der Waals surface area contributed by atoms with Crippen LogP contribution in [0.4, 0.5) is 10.1 Å². The summed E-state index contributed by atoms with van der Waals surface area (Å²) in [5.74, 6) is -0.445. The molecule has 0 unspecified atom stereocenters. The molecule has 2 rings (SSSR count). The summed E-state index contributed by atoms with van der Waals surface area (Å²) in [6.07, 6.45) is 3.11. The molecule has 1 aliphatic rings. The lowest BCUT2D eigenvalue weighted by atomic mass is 10.4. The van der Waals surface area contributed by atoms with Gasteiger partial charge in [-0.2, -0.15) is 0 Å². The molecule has 1 aliphatic carbocycles. The number of nitrogens with two attached hydrogens (primary N) is 1. The molecule has 0 bridgehead atoms. The van der Waals surface area contributed by atoms with E-state index in [1.54, 1.807) is 0 Å². The molecule has 64 valence electrons. The number of hydrogen-bond donors (Lipinski definition) is 1. The first-order valence-electron chi connectivity index (χ1n) is 3.85. The Morgan fingerprint density at radius 1 is 1.58 bits per heavy atom. The molecule has 1 aromatic rings. The van der Waals surface area contributed by atoms with E-state index in [1.807, 2.05) is 0 Å². The maximum atomic E-state index is 12.8. The highest BCUT2D eigenvalue weighted by atomic mass is 19.1. The molecule has 2 N–H and O–H groups in total. The van der Waals surface area contributed by atoms with Gasteiger partial charge >= 0.3 is 0 Å². The highest BCUT2D eigenvalue weighted by Gasteiger charge is 2.25. The Morgan fingerprint density at radius 2 is 2.25 bits per heavy atom. The first-order valence-corrected chi connectivity index (χ1v) is 3.85. The number of anilines is 1. The van der Waals surface area contributed by atoms with Gasteiger partial charge in [0.1, 0.15) is 11.5 Å². The van der Waals surface area contributed by atoms with Crippen LogP contribution in [0, 0.1) is 5.82 Å². The Hall–Kier alpha value is -1.32. The number of aromatic nitrogens is 1. The summed E-state index contributed by atoms with van der Waals surface area (Å²) < 4.78 is 14.1. The van der Waals surface area contributed by atoms with Crippen LogP contribution in [0.15, 0.2) is 17.1 Å². The summed E-state index contributed by atoms with van der Waals surface area (Å²) in [5.41, 5.74) is 5.02. The number of nitrogens with zero attached hydrogens (tertiary/aromatic N) is 1. The second-order valence-corrected chi connectivity index (χ2v) is 3.06. The van der Waals surface area contributed by atoms with E-state index in [0.29, 0.717) is 0 Å². The molecule has 3 nitrogen and oxygen atoms in total.